The highest BCUT2D eigenvalue weighted by atomic mass is 35.5. The molecule has 0 saturated carbocycles. The number of aryl methyl sites for hydroxylation is 3. The number of benzene rings is 1. The van der Waals surface area contributed by atoms with E-state index in [4.69, 9.17) is 35.6 Å². The van der Waals surface area contributed by atoms with Crippen molar-refractivity contribution in [3.05, 3.63) is 45.9 Å². The molecule has 0 amide bonds. The van der Waals surface area contributed by atoms with Gasteiger partial charge in [0.15, 0.2) is 5.82 Å². The Balaban J connectivity index is 1.72. The Morgan fingerprint density at radius 3 is 2.77 bits per heavy atom. The van der Waals surface area contributed by atoms with Gasteiger partial charge < -0.3 is 24.4 Å². The van der Waals surface area contributed by atoms with Crippen molar-refractivity contribution in [3.8, 4) is 28.4 Å². The zero-order valence-electron chi connectivity index (χ0n) is 20.7. The number of hydrogen-bond donors (Lipinski definition) is 2. The van der Waals surface area contributed by atoms with Gasteiger partial charge in [0.25, 0.3) is 0 Å². The van der Waals surface area contributed by atoms with Gasteiger partial charge in [-0.3, -0.25) is 0 Å². The number of rotatable bonds is 10. The van der Waals surface area contributed by atoms with Crippen molar-refractivity contribution in [2.45, 2.75) is 58.7 Å². The van der Waals surface area contributed by atoms with Crippen molar-refractivity contribution in [2.24, 2.45) is 0 Å². The minimum absolute atomic E-state index is 0.160. The molecule has 1 aromatic carbocycles. The Bertz CT molecular complexity index is 1140. The van der Waals surface area contributed by atoms with E-state index in [9.17, 15) is 5.11 Å². The first-order valence-electron chi connectivity index (χ1n) is 12.0. The molecule has 3 heterocycles. The summed E-state index contributed by atoms with van der Waals surface area (Å²) in [5.74, 6) is 1.81. The van der Waals surface area contributed by atoms with E-state index in [-0.39, 0.29) is 12.7 Å². The second-order valence-electron chi connectivity index (χ2n) is 9.00. The minimum atomic E-state index is -0.620. The van der Waals surface area contributed by atoms with Crippen LogP contribution in [0.5, 0.6) is 5.75 Å². The van der Waals surface area contributed by atoms with E-state index >= 15 is 0 Å². The maximum atomic E-state index is 10.00. The molecule has 35 heavy (non-hydrogen) atoms. The van der Waals surface area contributed by atoms with Crippen LogP contribution in [0.1, 0.15) is 42.0 Å². The average molecular weight is 501 g/mol. The summed E-state index contributed by atoms with van der Waals surface area (Å²) in [7, 11) is 1.78. The average Bonchev–Trinajstić information content (AvgIpc) is 3.48. The summed E-state index contributed by atoms with van der Waals surface area (Å²) in [6.45, 7) is 7.27. The highest BCUT2D eigenvalue weighted by Crippen LogP contribution is 2.35. The lowest BCUT2D eigenvalue weighted by atomic mass is 10.00. The molecule has 188 valence electrons. The van der Waals surface area contributed by atoms with Crippen molar-refractivity contribution in [2.75, 3.05) is 26.8 Å². The Hall–Kier alpha value is -2.52. The van der Waals surface area contributed by atoms with Gasteiger partial charge in [0.1, 0.15) is 24.2 Å². The summed E-state index contributed by atoms with van der Waals surface area (Å²) < 4.78 is 17.1. The number of aliphatic hydroxyl groups excluding tert-OH is 1. The van der Waals surface area contributed by atoms with Crippen LogP contribution >= 0.6 is 11.6 Å². The maximum absolute atomic E-state index is 10.00. The van der Waals surface area contributed by atoms with Crippen LogP contribution in [-0.4, -0.2) is 59.2 Å². The predicted octanol–water partition coefficient (Wildman–Crippen LogP) is 4.45. The van der Waals surface area contributed by atoms with Crippen LogP contribution < -0.4 is 10.1 Å². The van der Waals surface area contributed by atoms with Gasteiger partial charge in [0.2, 0.25) is 0 Å². The summed E-state index contributed by atoms with van der Waals surface area (Å²) in [6.07, 6.45) is 3.50. The molecule has 4 rings (SSSR count). The highest BCUT2D eigenvalue weighted by molar-refractivity contribution is 6.33. The van der Waals surface area contributed by atoms with Crippen LogP contribution in [0.25, 0.3) is 22.6 Å². The molecule has 1 fully saturated rings. The van der Waals surface area contributed by atoms with Gasteiger partial charge in [0.05, 0.1) is 28.1 Å². The molecule has 8 nitrogen and oxygen atoms in total. The maximum Gasteiger partial charge on any atom is 0.161 e. The second-order valence-corrected chi connectivity index (χ2v) is 9.41. The Morgan fingerprint density at radius 1 is 1.26 bits per heavy atom. The molecule has 1 aliphatic heterocycles. The number of nitrogens with one attached hydrogen (secondary N) is 1. The quantitative estimate of drug-likeness (QED) is 0.421. The largest absolute Gasteiger partial charge is 0.491 e. The van der Waals surface area contributed by atoms with Crippen molar-refractivity contribution >= 4 is 11.6 Å². The zero-order chi connectivity index (χ0) is 24.9. The number of halogens is 1. The fourth-order valence-corrected chi connectivity index (χ4v) is 4.62. The van der Waals surface area contributed by atoms with E-state index in [2.05, 4.69) is 10.5 Å². The fraction of sp³-hybridized carbons (Fsp3) is 0.500. The van der Waals surface area contributed by atoms with E-state index in [1.54, 1.807) is 19.2 Å². The molecule has 1 saturated heterocycles. The first-order chi connectivity index (χ1) is 16.9. The van der Waals surface area contributed by atoms with Gasteiger partial charge in [-0.1, -0.05) is 16.8 Å². The number of hydrogen-bond acceptors (Lipinski definition) is 8. The molecular weight excluding hydrogens is 468 g/mol. The minimum Gasteiger partial charge on any atom is -0.491 e. The van der Waals surface area contributed by atoms with Gasteiger partial charge in [-0.15, -0.1) is 0 Å². The van der Waals surface area contributed by atoms with Gasteiger partial charge in [0, 0.05) is 24.4 Å². The molecule has 2 aromatic heterocycles. The molecule has 0 unspecified atom stereocenters. The van der Waals surface area contributed by atoms with Gasteiger partial charge in [-0.25, -0.2) is 9.97 Å². The normalized spacial score (nSPS) is 16.6. The van der Waals surface area contributed by atoms with Crippen LogP contribution in [-0.2, 0) is 11.2 Å². The molecule has 1 aliphatic rings. The topological polar surface area (TPSA) is 103 Å². The molecular formula is C26H33ClN4O4. The van der Waals surface area contributed by atoms with E-state index in [1.165, 1.54) is 0 Å². The number of aromatic nitrogens is 3. The standard InChI is InChI=1S/C26H33ClN4O4/c1-15-23(10-8-19-6-5-11-33-19)29-26(30-25(15)24-16(2)31-35-17(24)3)21-12-20(7-9-22(21)27)34-14-18(32)13-28-4/h7,9,12,18-19,28,32H,5-6,8,10-11,13-14H2,1-4H3/t18-,19-/m1/s1. The Kier molecular flexibility index (Phi) is 8.38. The SMILES string of the molecule is CNC[C@@H](O)COc1ccc(Cl)c(-c2nc(CC[C@H]3CCCO3)c(C)c(-c3c(C)noc3C)n2)c1. The Morgan fingerprint density at radius 2 is 2.09 bits per heavy atom. The van der Waals surface area contributed by atoms with Gasteiger partial charge in [-0.2, -0.15) is 0 Å². The third-order valence-corrected chi connectivity index (χ3v) is 6.63. The summed E-state index contributed by atoms with van der Waals surface area (Å²) in [5.41, 5.74) is 5.07. The molecule has 3 aromatic rings. The Labute approximate surface area is 211 Å². The number of likely N-dealkylation sites (N-methyl/N-ethyl adjacent to an activating group) is 1. The van der Waals surface area contributed by atoms with Crippen LogP contribution in [0.15, 0.2) is 22.7 Å². The molecule has 0 aliphatic carbocycles. The van der Waals surface area contributed by atoms with Gasteiger partial charge >= 0.3 is 0 Å². The number of ether oxygens (including phenoxy) is 2. The molecule has 0 radical (unpaired) electrons. The van der Waals surface area contributed by atoms with E-state index in [0.717, 1.165) is 60.5 Å². The van der Waals surface area contributed by atoms with Crippen molar-refractivity contribution in [1.29, 1.82) is 0 Å². The van der Waals surface area contributed by atoms with Crippen LogP contribution in [0.2, 0.25) is 5.02 Å². The summed E-state index contributed by atoms with van der Waals surface area (Å²) in [4.78, 5) is 9.87. The van der Waals surface area contributed by atoms with Crippen molar-refractivity contribution in [3.63, 3.8) is 0 Å². The number of aliphatic hydroxyl groups is 1. The smallest absolute Gasteiger partial charge is 0.161 e. The van der Waals surface area contributed by atoms with Crippen LogP contribution in [0.4, 0.5) is 0 Å². The van der Waals surface area contributed by atoms with Crippen LogP contribution in [0.3, 0.4) is 0 Å². The third kappa shape index (κ3) is 6.01. The lowest BCUT2D eigenvalue weighted by Gasteiger charge is -2.16. The lowest BCUT2D eigenvalue weighted by molar-refractivity contribution is 0.104. The zero-order valence-corrected chi connectivity index (χ0v) is 21.5. The first-order valence-corrected chi connectivity index (χ1v) is 12.4. The van der Waals surface area contributed by atoms with Gasteiger partial charge in [-0.05, 0) is 77.3 Å². The molecule has 9 heteroatoms. The first kappa shape index (κ1) is 25.6. The van der Waals surface area contributed by atoms with E-state index in [0.29, 0.717) is 34.5 Å². The predicted molar refractivity (Wildman–Crippen MR) is 135 cm³/mol. The van der Waals surface area contributed by atoms with E-state index < -0.39 is 6.10 Å². The van der Waals surface area contributed by atoms with Crippen molar-refractivity contribution in [1.82, 2.24) is 20.4 Å². The third-order valence-electron chi connectivity index (χ3n) is 6.30. The molecule has 2 atom stereocenters. The molecule has 0 spiro atoms. The lowest BCUT2D eigenvalue weighted by Crippen LogP contribution is -2.29. The van der Waals surface area contributed by atoms with Crippen molar-refractivity contribution < 1.29 is 19.1 Å². The summed E-state index contributed by atoms with van der Waals surface area (Å²) in [6, 6.07) is 5.36. The monoisotopic (exact) mass is 500 g/mol. The molecule has 0 bridgehead atoms. The number of nitrogens with zero attached hydrogens (tertiary/aromatic N) is 3. The molecule has 2 N–H and O–H groups in total. The highest BCUT2D eigenvalue weighted by Gasteiger charge is 2.23. The second kappa shape index (κ2) is 11.5. The summed E-state index contributed by atoms with van der Waals surface area (Å²) in [5, 5.41) is 17.6. The van der Waals surface area contributed by atoms with Crippen LogP contribution in [0, 0.1) is 20.8 Å². The van der Waals surface area contributed by atoms with E-state index in [1.807, 2.05) is 26.8 Å². The fourth-order valence-electron chi connectivity index (χ4n) is 4.41. The summed E-state index contributed by atoms with van der Waals surface area (Å²) >= 11 is 6.61.